The summed E-state index contributed by atoms with van der Waals surface area (Å²) < 4.78 is 6.41. The van der Waals surface area contributed by atoms with E-state index >= 15 is 0 Å². The zero-order valence-corrected chi connectivity index (χ0v) is 25.8. The average Bonchev–Trinajstić information content (AvgIpc) is 3.41. The Hall–Kier alpha value is -5.45. The lowest BCUT2D eigenvalue weighted by atomic mass is 9.89. The standard InChI is InChI=1S/C42H28N2OS/c1-2-11-41-38(8-1)39-10-3-9-37(42(39)45-41)28-12-13-31-25-46-26-35-18-27(14-15-36(35)40(31)22-28)32-19-33(29-6-4-16-43-23-29)21-34(20-32)30-7-5-17-44-24-30/h1-24H,25-26H2. The number of rotatable bonds is 4. The molecule has 9 rings (SSSR count). The van der Waals surface area contributed by atoms with E-state index in [0.29, 0.717) is 0 Å². The van der Waals surface area contributed by atoms with Crippen LogP contribution in [0.2, 0.25) is 0 Å². The third-order valence-electron chi connectivity index (χ3n) is 8.99. The Kier molecular flexibility index (Phi) is 6.53. The molecule has 0 amide bonds. The third-order valence-corrected chi connectivity index (χ3v) is 10.0. The van der Waals surface area contributed by atoms with Crippen LogP contribution in [0.25, 0.3) is 77.6 Å². The second-order valence-electron chi connectivity index (χ2n) is 11.8. The number of aromatic nitrogens is 2. The van der Waals surface area contributed by atoms with Gasteiger partial charge in [0.05, 0.1) is 0 Å². The molecule has 1 aliphatic heterocycles. The molecule has 4 heteroatoms. The summed E-state index contributed by atoms with van der Waals surface area (Å²) in [5.74, 6) is 1.94. The van der Waals surface area contributed by atoms with E-state index < -0.39 is 0 Å². The lowest BCUT2D eigenvalue weighted by Crippen LogP contribution is -1.92. The highest BCUT2D eigenvalue weighted by atomic mass is 32.2. The van der Waals surface area contributed by atoms with Gasteiger partial charge in [0, 0.05) is 63.8 Å². The van der Waals surface area contributed by atoms with E-state index in [-0.39, 0.29) is 0 Å². The Morgan fingerprint density at radius 2 is 1.15 bits per heavy atom. The van der Waals surface area contributed by atoms with E-state index in [4.69, 9.17) is 4.42 Å². The summed E-state index contributed by atoms with van der Waals surface area (Å²) >= 11 is 1.98. The van der Waals surface area contributed by atoms with Crippen molar-refractivity contribution in [3.05, 3.63) is 157 Å². The van der Waals surface area contributed by atoms with E-state index in [1.807, 2.05) is 60.8 Å². The van der Waals surface area contributed by atoms with Crippen molar-refractivity contribution in [3.8, 4) is 55.6 Å². The van der Waals surface area contributed by atoms with Crippen LogP contribution in [0.5, 0.6) is 0 Å². The summed E-state index contributed by atoms with van der Waals surface area (Å²) in [7, 11) is 0. The van der Waals surface area contributed by atoms with E-state index in [0.717, 1.165) is 61.3 Å². The number of furan rings is 1. The molecule has 0 atom stereocenters. The van der Waals surface area contributed by atoms with Gasteiger partial charge >= 0.3 is 0 Å². The maximum Gasteiger partial charge on any atom is 0.143 e. The molecule has 46 heavy (non-hydrogen) atoms. The molecule has 0 radical (unpaired) electrons. The van der Waals surface area contributed by atoms with Gasteiger partial charge in [-0.05, 0) is 98.6 Å². The van der Waals surface area contributed by atoms with E-state index in [9.17, 15) is 0 Å². The van der Waals surface area contributed by atoms with Gasteiger partial charge in [-0.25, -0.2) is 0 Å². The van der Waals surface area contributed by atoms with E-state index in [2.05, 4.69) is 107 Å². The van der Waals surface area contributed by atoms with Gasteiger partial charge in [0.25, 0.3) is 0 Å². The second kappa shape index (κ2) is 11.2. The first-order valence-electron chi connectivity index (χ1n) is 15.5. The maximum absolute atomic E-state index is 6.41. The van der Waals surface area contributed by atoms with Crippen LogP contribution in [-0.4, -0.2) is 9.97 Å². The number of fused-ring (bicyclic) bond motifs is 6. The van der Waals surface area contributed by atoms with Gasteiger partial charge in [0.15, 0.2) is 0 Å². The Labute approximate surface area is 271 Å². The van der Waals surface area contributed by atoms with Gasteiger partial charge < -0.3 is 4.42 Å². The molecule has 0 saturated carbocycles. The Balaban J connectivity index is 1.16. The maximum atomic E-state index is 6.41. The summed E-state index contributed by atoms with van der Waals surface area (Å²) in [5.41, 5.74) is 16.4. The Bertz CT molecular complexity index is 2340. The molecule has 0 fully saturated rings. The fourth-order valence-electron chi connectivity index (χ4n) is 6.72. The summed E-state index contributed by atoms with van der Waals surface area (Å²) in [4.78, 5) is 8.78. The highest BCUT2D eigenvalue weighted by molar-refractivity contribution is 7.97. The Morgan fingerprint density at radius 3 is 1.91 bits per heavy atom. The number of hydrogen-bond donors (Lipinski definition) is 0. The summed E-state index contributed by atoms with van der Waals surface area (Å²) in [6, 6.07) is 43.7. The second-order valence-corrected chi connectivity index (χ2v) is 12.8. The zero-order chi connectivity index (χ0) is 30.5. The number of pyridine rings is 2. The zero-order valence-electron chi connectivity index (χ0n) is 25.0. The number of nitrogens with zero attached hydrogens (tertiary/aromatic N) is 2. The summed E-state index contributed by atoms with van der Waals surface area (Å²) in [6.07, 6.45) is 7.50. The van der Waals surface area contributed by atoms with Gasteiger partial charge in [0.2, 0.25) is 0 Å². The molecule has 0 unspecified atom stereocenters. The van der Waals surface area contributed by atoms with Crippen LogP contribution < -0.4 is 0 Å². The van der Waals surface area contributed by atoms with Crippen LogP contribution >= 0.6 is 11.8 Å². The van der Waals surface area contributed by atoms with Crippen molar-refractivity contribution in [2.45, 2.75) is 11.5 Å². The lowest BCUT2D eigenvalue weighted by Gasteiger charge is -2.15. The molecule has 8 aromatic rings. The van der Waals surface area contributed by atoms with Crippen LogP contribution in [0.15, 0.2) is 151 Å². The minimum atomic E-state index is 0.924. The highest BCUT2D eigenvalue weighted by Gasteiger charge is 2.19. The van der Waals surface area contributed by atoms with Crippen molar-refractivity contribution < 1.29 is 4.42 Å². The molecule has 5 aromatic carbocycles. The minimum absolute atomic E-state index is 0.924. The van der Waals surface area contributed by atoms with Crippen molar-refractivity contribution in [2.75, 3.05) is 0 Å². The molecule has 218 valence electrons. The van der Waals surface area contributed by atoms with Crippen LogP contribution in [0.3, 0.4) is 0 Å². The number of hydrogen-bond acceptors (Lipinski definition) is 4. The SMILES string of the molecule is c1cncc(-c2cc(-c3cccnc3)cc(-c3ccc4c(c3)CSCc3ccc(-c5cccc6c5oc5ccccc56)cc3-4)c2)c1. The predicted octanol–water partition coefficient (Wildman–Crippen LogP) is 11.5. The molecule has 0 bridgehead atoms. The van der Waals surface area contributed by atoms with Crippen molar-refractivity contribution in [1.29, 1.82) is 0 Å². The molecule has 0 spiro atoms. The van der Waals surface area contributed by atoms with Crippen molar-refractivity contribution >= 4 is 33.7 Å². The molecule has 3 nitrogen and oxygen atoms in total. The summed E-state index contributed by atoms with van der Waals surface area (Å²) in [6.45, 7) is 0. The molecule has 0 aliphatic carbocycles. The van der Waals surface area contributed by atoms with Gasteiger partial charge in [-0.3, -0.25) is 9.97 Å². The smallest absolute Gasteiger partial charge is 0.143 e. The van der Waals surface area contributed by atoms with Crippen molar-refractivity contribution in [1.82, 2.24) is 9.97 Å². The van der Waals surface area contributed by atoms with E-state index in [1.54, 1.807) is 0 Å². The molecular weight excluding hydrogens is 581 g/mol. The fraction of sp³-hybridized carbons (Fsp3) is 0.0476. The molecule has 3 aromatic heterocycles. The lowest BCUT2D eigenvalue weighted by molar-refractivity contribution is 0.670. The van der Waals surface area contributed by atoms with Gasteiger partial charge in [-0.15, -0.1) is 0 Å². The quantitative estimate of drug-likeness (QED) is 0.199. The van der Waals surface area contributed by atoms with Crippen molar-refractivity contribution in [3.63, 3.8) is 0 Å². The normalized spacial score (nSPS) is 12.5. The van der Waals surface area contributed by atoms with Crippen LogP contribution in [0, 0.1) is 0 Å². The van der Waals surface area contributed by atoms with E-state index in [1.165, 1.54) is 38.9 Å². The van der Waals surface area contributed by atoms with Crippen LogP contribution in [-0.2, 0) is 11.5 Å². The monoisotopic (exact) mass is 608 g/mol. The van der Waals surface area contributed by atoms with Gasteiger partial charge in [-0.1, -0.05) is 72.8 Å². The topological polar surface area (TPSA) is 38.9 Å². The fourth-order valence-corrected chi connectivity index (χ4v) is 7.75. The average molecular weight is 609 g/mol. The molecule has 1 aliphatic rings. The predicted molar refractivity (Wildman–Crippen MR) is 191 cm³/mol. The first kappa shape index (κ1) is 26.9. The first-order chi connectivity index (χ1) is 22.8. The largest absolute Gasteiger partial charge is 0.455 e. The van der Waals surface area contributed by atoms with Crippen LogP contribution in [0.4, 0.5) is 0 Å². The molecular formula is C42H28N2OS. The first-order valence-corrected chi connectivity index (χ1v) is 16.6. The molecule has 0 N–H and O–H groups in total. The van der Waals surface area contributed by atoms with Gasteiger partial charge in [0.1, 0.15) is 11.2 Å². The number of benzene rings is 5. The number of para-hydroxylation sites is 2. The summed E-state index contributed by atoms with van der Waals surface area (Å²) in [5, 5.41) is 2.31. The minimum Gasteiger partial charge on any atom is -0.455 e. The molecule has 4 heterocycles. The third kappa shape index (κ3) is 4.70. The van der Waals surface area contributed by atoms with Gasteiger partial charge in [-0.2, -0.15) is 11.8 Å². The van der Waals surface area contributed by atoms with Crippen LogP contribution in [0.1, 0.15) is 11.1 Å². The highest BCUT2D eigenvalue weighted by Crippen LogP contribution is 2.43. The number of thioether (sulfide) groups is 1. The Morgan fingerprint density at radius 1 is 0.457 bits per heavy atom. The van der Waals surface area contributed by atoms with Crippen molar-refractivity contribution in [2.24, 2.45) is 0 Å². The molecule has 0 saturated heterocycles.